The van der Waals surface area contributed by atoms with Gasteiger partial charge in [-0.25, -0.2) is 4.79 Å². The normalized spacial score (nSPS) is 26.5. The molecule has 4 heteroatoms. The molecule has 1 aliphatic heterocycles. The summed E-state index contributed by atoms with van der Waals surface area (Å²) < 4.78 is 5.25. The summed E-state index contributed by atoms with van der Waals surface area (Å²) in [4.78, 5) is 24.3. The Morgan fingerprint density at radius 3 is 2.53 bits per heavy atom. The largest absolute Gasteiger partial charge is 0.444 e. The van der Waals surface area contributed by atoms with Gasteiger partial charge in [0.25, 0.3) is 0 Å². The van der Waals surface area contributed by atoms with Crippen LogP contribution in [0.25, 0.3) is 0 Å². The van der Waals surface area contributed by atoms with Crippen LogP contribution in [0.5, 0.6) is 0 Å². The van der Waals surface area contributed by atoms with Gasteiger partial charge in [0.2, 0.25) is 0 Å². The summed E-state index contributed by atoms with van der Waals surface area (Å²) in [5.41, 5.74) is -1.19. The van der Waals surface area contributed by atoms with Crippen molar-refractivity contribution in [2.75, 3.05) is 6.54 Å². The molecule has 0 aromatic rings. The van der Waals surface area contributed by atoms with Crippen LogP contribution in [-0.2, 0) is 9.53 Å². The molecule has 0 unspecified atom stereocenters. The van der Waals surface area contributed by atoms with Gasteiger partial charge >= 0.3 is 6.09 Å². The molecule has 1 atom stereocenters. The summed E-state index contributed by atoms with van der Waals surface area (Å²) in [6.07, 6.45) is 2.02. The number of hydrogen-bond donors (Lipinski definition) is 0. The first-order valence-corrected chi connectivity index (χ1v) is 5.25. The molecule has 1 amide bonds. The number of nitrogens with zero attached hydrogens (tertiary/aromatic N) is 1. The smallest absolute Gasteiger partial charge is 0.411 e. The lowest BCUT2D eigenvalue weighted by atomic mass is 10.0. The average molecular weight is 213 g/mol. The number of amides is 1. The summed E-state index contributed by atoms with van der Waals surface area (Å²) in [6, 6.07) is 0. The van der Waals surface area contributed by atoms with Crippen molar-refractivity contribution >= 4 is 12.4 Å². The van der Waals surface area contributed by atoms with Crippen LogP contribution in [0.1, 0.15) is 40.5 Å². The van der Waals surface area contributed by atoms with E-state index in [1.165, 1.54) is 4.90 Å². The van der Waals surface area contributed by atoms with Crippen molar-refractivity contribution in [2.45, 2.75) is 51.7 Å². The van der Waals surface area contributed by atoms with Crippen LogP contribution >= 0.6 is 0 Å². The van der Waals surface area contributed by atoms with E-state index in [1.807, 2.05) is 20.8 Å². The van der Waals surface area contributed by atoms with E-state index in [0.29, 0.717) is 6.54 Å². The van der Waals surface area contributed by atoms with E-state index in [0.717, 1.165) is 19.1 Å². The van der Waals surface area contributed by atoms with Gasteiger partial charge < -0.3 is 9.53 Å². The molecule has 1 heterocycles. The van der Waals surface area contributed by atoms with Gasteiger partial charge in [-0.3, -0.25) is 4.90 Å². The van der Waals surface area contributed by atoms with Crippen molar-refractivity contribution in [3.63, 3.8) is 0 Å². The lowest BCUT2D eigenvalue weighted by Gasteiger charge is -2.32. The van der Waals surface area contributed by atoms with Gasteiger partial charge in [0.1, 0.15) is 11.9 Å². The molecular formula is C11H19NO3. The standard InChI is InChI=1S/C11H19NO3/c1-10(2,3)15-9(14)12-7-5-6-11(12,4)8-13/h8H,5-7H2,1-4H3/t11-/m0/s1. The Hall–Kier alpha value is -1.06. The molecule has 1 fully saturated rings. The van der Waals surface area contributed by atoms with E-state index in [9.17, 15) is 9.59 Å². The van der Waals surface area contributed by atoms with Crippen molar-refractivity contribution in [2.24, 2.45) is 0 Å². The molecule has 0 aliphatic carbocycles. The number of rotatable bonds is 1. The van der Waals surface area contributed by atoms with Crippen LogP contribution in [0, 0.1) is 0 Å². The van der Waals surface area contributed by atoms with E-state index in [2.05, 4.69) is 0 Å². The predicted molar refractivity (Wildman–Crippen MR) is 56.6 cm³/mol. The van der Waals surface area contributed by atoms with Crippen molar-refractivity contribution in [1.82, 2.24) is 4.90 Å². The van der Waals surface area contributed by atoms with Gasteiger partial charge in [-0.2, -0.15) is 0 Å². The van der Waals surface area contributed by atoms with Crippen LogP contribution in [0.15, 0.2) is 0 Å². The summed E-state index contributed by atoms with van der Waals surface area (Å²) in [5, 5.41) is 0. The topological polar surface area (TPSA) is 46.6 Å². The lowest BCUT2D eigenvalue weighted by Crippen LogP contribution is -2.48. The van der Waals surface area contributed by atoms with E-state index in [1.54, 1.807) is 6.92 Å². The van der Waals surface area contributed by atoms with Gasteiger partial charge in [-0.1, -0.05) is 0 Å². The molecule has 0 saturated carbocycles. The molecule has 4 nitrogen and oxygen atoms in total. The minimum absolute atomic E-state index is 0.394. The first-order valence-electron chi connectivity index (χ1n) is 5.25. The first kappa shape index (κ1) is 12.0. The molecular weight excluding hydrogens is 194 g/mol. The minimum Gasteiger partial charge on any atom is -0.444 e. The second-order valence-corrected chi connectivity index (χ2v) is 5.21. The summed E-state index contributed by atoms with van der Waals surface area (Å²) in [7, 11) is 0. The maximum Gasteiger partial charge on any atom is 0.411 e. The maximum absolute atomic E-state index is 11.8. The predicted octanol–water partition coefficient (Wildman–Crippen LogP) is 1.97. The highest BCUT2D eigenvalue weighted by atomic mass is 16.6. The highest BCUT2D eigenvalue weighted by molar-refractivity contribution is 5.77. The number of carbonyl (C=O) groups is 2. The summed E-state index contributed by atoms with van der Waals surface area (Å²) >= 11 is 0. The monoisotopic (exact) mass is 213 g/mol. The average Bonchev–Trinajstić information content (AvgIpc) is 2.45. The Kier molecular flexibility index (Phi) is 3.07. The van der Waals surface area contributed by atoms with Gasteiger partial charge in [-0.05, 0) is 40.5 Å². The maximum atomic E-state index is 11.8. The molecule has 0 aromatic heterocycles. The van der Waals surface area contributed by atoms with Crippen molar-refractivity contribution < 1.29 is 14.3 Å². The third-order valence-corrected chi connectivity index (χ3v) is 2.55. The van der Waals surface area contributed by atoms with Crippen molar-refractivity contribution in [3.8, 4) is 0 Å². The summed E-state index contributed by atoms with van der Waals surface area (Å²) in [5.74, 6) is 0. The van der Waals surface area contributed by atoms with Gasteiger partial charge in [-0.15, -0.1) is 0 Å². The Labute approximate surface area is 90.6 Å². The van der Waals surface area contributed by atoms with Crippen LogP contribution in [0.2, 0.25) is 0 Å². The van der Waals surface area contributed by atoms with Gasteiger partial charge in [0, 0.05) is 6.54 Å². The zero-order valence-corrected chi connectivity index (χ0v) is 9.87. The fourth-order valence-electron chi connectivity index (χ4n) is 1.72. The Morgan fingerprint density at radius 1 is 1.47 bits per heavy atom. The Bertz CT molecular complexity index is 269. The molecule has 1 saturated heterocycles. The molecule has 0 N–H and O–H groups in total. The fraction of sp³-hybridized carbons (Fsp3) is 0.818. The summed E-state index contributed by atoms with van der Waals surface area (Å²) in [6.45, 7) is 7.83. The number of hydrogen-bond acceptors (Lipinski definition) is 3. The SMILES string of the molecule is CC(C)(C)OC(=O)N1CCC[C@@]1(C)C=O. The lowest BCUT2D eigenvalue weighted by molar-refractivity contribution is -0.116. The van der Waals surface area contributed by atoms with Crippen molar-refractivity contribution in [3.05, 3.63) is 0 Å². The van der Waals surface area contributed by atoms with Crippen LogP contribution < -0.4 is 0 Å². The number of aldehydes is 1. The van der Waals surface area contributed by atoms with E-state index >= 15 is 0 Å². The molecule has 15 heavy (non-hydrogen) atoms. The minimum atomic E-state index is -0.678. The second-order valence-electron chi connectivity index (χ2n) is 5.21. The third-order valence-electron chi connectivity index (χ3n) is 2.55. The highest BCUT2D eigenvalue weighted by Gasteiger charge is 2.41. The van der Waals surface area contributed by atoms with Crippen molar-refractivity contribution in [1.29, 1.82) is 0 Å². The number of ether oxygens (including phenoxy) is 1. The number of carbonyl (C=O) groups excluding carboxylic acids is 2. The second kappa shape index (κ2) is 3.83. The van der Waals surface area contributed by atoms with Crippen LogP contribution in [0.3, 0.4) is 0 Å². The molecule has 86 valence electrons. The van der Waals surface area contributed by atoms with E-state index in [-0.39, 0.29) is 0 Å². The number of likely N-dealkylation sites (tertiary alicyclic amines) is 1. The Balaban J connectivity index is 2.72. The quantitative estimate of drug-likeness (QED) is 0.626. The van der Waals surface area contributed by atoms with Gasteiger partial charge in [0.05, 0.1) is 5.54 Å². The zero-order chi connectivity index (χ0) is 11.7. The van der Waals surface area contributed by atoms with Crippen LogP contribution in [0.4, 0.5) is 4.79 Å². The molecule has 0 spiro atoms. The van der Waals surface area contributed by atoms with E-state index in [4.69, 9.17) is 4.74 Å². The molecule has 0 bridgehead atoms. The fourth-order valence-corrected chi connectivity index (χ4v) is 1.72. The Morgan fingerprint density at radius 2 is 2.07 bits per heavy atom. The zero-order valence-electron chi connectivity index (χ0n) is 9.87. The molecule has 0 aromatic carbocycles. The van der Waals surface area contributed by atoms with Gasteiger partial charge in [0.15, 0.2) is 0 Å². The first-order chi connectivity index (χ1) is 6.78. The van der Waals surface area contributed by atoms with E-state index < -0.39 is 17.2 Å². The molecule has 0 radical (unpaired) electrons. The molecule has 1 aliphatic rings. The highest BCUT2D eigenvalue weighted by Crippen LogP contribution is 2.28. The molecule has 1 rings (SSSR count). The van der Waals surface area contributed by atoms with Crippen LogP contribution in [-0.4, -0.2) is 35.0 Å². The third kappa shape index (κ3) is 2.70.